The molecule has 0 spiro atoms. The second-order valence-electron chi connectivity index (χ2n) is 11.4. The van der Waals surface area contributed by atoms with Gasteiger partial charge in [-0.15, -0.1) is 0 Å². The molecule has 222 valence electrons. The van der Waals surface area contributed by atoms with Gasteiger partial charge in [-0.2, -0.15) is 0 Å². The van der Waals surface area contributed by atoms with Crippen molar-refractivity contribution in [2.45, 2.75) is 45.8 Å². The molecule has 3 aromatic rings. The van der Waals surface area contributed by atoms with E-state index in [-0.39, 0.29) is 23.9 Å². The minimum Gasteiger partial charge on any atom is -0.493 e. The fourth-order valence-corrected chi connectivity index (χ4v) is 5.65. The number of ether oxygens (including phenoxy) is 3. The number of benzene rings is 3. The van der Waals surface area contributed by atoms with Gasteiger partial charge in [-0.05, 0) is 73.3 Å². The molecule has 5 rings (SSSR count). The minimum absolute atomic E-state index is 0.173. The number of amides is 2. The van der Waals surface area contributed by atoms with Crippen molar-refractivity contribution < 1.29 is 28.2 Å². The molecule has 42 heavy (non-hydrogen) atoms. The lowest BCUT2D eigenvalue weighted by molar-refractivity contribution is 0.0717. The Morgan fingerprint density at radius 3 is 2.43 bits per heavy atom. The van der Waals surface area contributed by atoms with Crippen molar-refractivity contribution in [3.05, 3.63) is 94.8 Å². The number of carbonyl (C=O) groups excluding carboxylic acids is 2. The first kappa shape index (κ1) is 29.4. The summed E-state index contributed by atoms with van der Waals surface area (Å²) < 4.78 is 31.8. The van der Waals surface area contributed by atoms with E-state index in [9.17, 15) is 14.0 Å². The Bertz CT molecular complexity index is 1370. The molecule has 8 heteroatoms. The third-order valence-electron chi connectivity index (χ3n) is 8.23. The predicted octanol–water partition coefficient (Wildman–Crippen LogP) is 6.62. The Kier molecular flexibility index (Phi) is 9.62. The zero-order chi connectivity index (χ0) is 29.5. The molecule has 1 aliphatic heterocycles. The van der Waals surface area contributed by atoms with Crippen molar-refractivity contribution in [1.29, 1.82) is 0 Å². The highest BCUT2D eigenvalue weighted by Crippen LogP contribution is 2.33. The smallest absolute Gasteiger partial charge is 0.409 e. The first-order valence-electron chi connectivity index (χ1n) is 14.7. The van der Waals surface area contributed by atoms with Crippen LogP contribution in [-0.4, -0.2) is 55.2 Å². The summed E-state index contributed by atoms with van der Waals surface area (Å²) in [6.45, 7) is 4.48. The number of hydrogen-bond acceptors (Lipinski definition) is 5. The van der Waals surface area contributed by atoms with Crippen LogP contribution >= 0.6 is 0 Å². The molecule has 7 nitrogen and oxygen atoms in total. The normalized spacial score (nSPS) is 18.0. The Balaban J connectivity index is 0.995. The zero-order valence-electron chi connectivity index (χ0n) is 24.4. The summed E-state index contributed by atoms with van der Waals surface area (Å²) in [6, 6.07) is 20.8. The van der Waals surface area contributed by atoms with Crippen molar-refractivity contribution in [2.75, 3.05) is 33.4 Å². The maximum Gasteiger partial charge on any atom is 0.409 e. The first-order chi connectivity index (χ1) is 20.4. The second-order valence-corrected chi connectivity index (χ2v) is 11.4. The summed E-state index contributed by atoms with van der Waals surface area (Å²) >= 11 is 0. The van der Waals surface area contributed by atoms with Gasteiger partial charge in [0.1, 0.15) is 30.5 Å². The molecular weight excluding hydrogens is 535 g/mol. The van der Waals surface area contributed by atoms with Gasteiger partial charge in [-0.3, -0.25) is 4.79 Å². The molecule has 0 bridgehead atoms. The van der Waals surface area contributed by atoms with Gasteiger partial charge in [0.25, 0.3) is 5.91 Å². The largest absolute Gasteiger partial charge is 0.493 e. The van der Waals surface area contributed by atoms with Crippen LogP contribution in [-0.2, 0) is 17.9 Å². The topological polar surface area (TPSA) is 68.3 Å². The van der Waals surface area contributed by atoms with Crippen LogP contribution < -0.4 is 9.47 Å². The fraction of sp³-hybridized carbons (Fsp3) is 0.412. The monoisotopic (exact) mass is 574 g/mol. The molecule has 0 radical (unpaired) electrons. The summed E-state index contributed by atoms with van der Waals surface area (Å²) in [5.74, 6) is 1.77. The van der Waals surface area contributed by atoms with Crippen LogP contribution in [0.3, 0.4) is 0 Å². The highest BCUT2D eigenvalue weighted by atomic mass is 19.1. The number of fused-ring (bicyclic) bond motifs is 1. The number of likely N-dealkylation sites (N-methyl/N-ethyl adjacent to an activating group) is 1. The van der Waals surface area contributed by atoms with Gasteiger partial charge in [0.05, 0.1) is 18.7 Å². The number of halogens is 1. The van der Waals surface area contributed by atoms with Crippen LogP contribution in [0.5, 0.6) is 11.5 Å². The molecule has 0 saturated heterocycles. The van der Waals surface area contributed by atoms with Crippen molar-refractivity contribution >= 4 is 12.0 Å². The maximum absolute atomic E-state index is 14.5. The summed E-state index contributed by atoms with van der Waals surface area (Å²) in [7, 11) is 1.69. The van der Waals surface area contributed by atoms with Crippen molar-refractivity contribution in [1.82, 2.24) is 9.80 Å². The summed E-state index contributed by atoms with van der Waals surface area (Å²) in [5, 5.41) is 0. The van der Waals surface area contributed by atoms with E-state index in [4.69, 9.17) is 14.2 Å². The maximum atomic E-state index is 14.5. The van der Waals surface area contributed by atoms with Crippen molar-refractivity contribution in [3.8, 4) is 11.5 Å². The van der Waals surface area contributed by atoms with Gasteiger partial charge in [0, 0.05) is 26.2 Å². The summed E-state index contributed by atoms with van der Waals surface area (Å²) in [6.07, 6.45) is 3.74. The van der Waals surface area contributed by atoms with E-state index in [2.05, 4.69) is 0 Å². The number of rotatable bonds is 11. The minimum atomic E-state index is -0.393. The average Bonchev–Trinajstić information content (AvgIpc) is 3.33. The van der Waals surface area contributed by atoms with E-state index in [0.29, 0.717) is 56.0 Å². The molecule has 0 unspecified atom stereocenters. The van der Waals surface area contributed by atoms with Crippen LogP contribution in [0.1, 0.15) is 52.7 Å². The van der Waals surface area contributed by atoms with Gasteiger partial charge in [-0.1, -0.05) is 48.5 Å². The summed E-state index contributed by atoms with van der Waals surface area (Å²) in [5.41, 5.74) is 2.52. The van der Waals surface area contributed by atoms with E-state index in [0.717, 1.165) is 42.6 Å². The van der Waals surface area contributed by atoms with Gasteiger partial charge in [0.15, 0.2) is 0 Å². The van der Waals surface area contributed by atoms with Crippen LogP contribution in [0.4, 0.5) is 9.18 Å². The van der Waals surface area contributed by atoms with Crippen LogP contribution in [0.2, 0.25) is 0 Å². The zero-order valence-corrected chi connectivity index (χ0v) is 24.4. The molecule has 0 aromatic heterocycles. The fourth-order valence-electron chi connectivity index (χ4n) is 5.65. The molecule has 1 saturated carbocycles. The van der Waals surface area contributed by atoms with E-state index in [1.807, 2.05) is 65.6 Å². The molecule has 1 aliphatic carbocycles. The first-order valence-corrected chi connectivity index (χ1v) is 14.7. The van der Waals surface area contributed by atoms with Crippen molar-refractivity contribution in [3.63, 3.8) is 0 Å². The summed E-state index contributed by atoms with van der Waals surface area (Å²) in [4.78, 5) is 28.4. The highest BCUT2D eigenvalue weighted by molar-refractivity contribution is 5.98. The van der Waals surface area contributed by atoms with Gasteiger partial charge >= 0.3 is 6.09 Å². The Hall–Kier alpha value is -4.07. The van der Waals surface area contributed by atoms with Crippen LogP contribution in [0, 0.1) is 24.6 Å². The lowest BCUT2D eigenvalue weighted by atomic mass is 9.82. The van der Waals surface area contributed by atoms with Gasteiger partial charge in [0.2, 0.25) is 0 Å². The van der Waals surface area contributed by atoms with Crippen molar-refractivity contribution in [2.24, 2.45) is 11.8 Å². The quantitative estimate of drug-likeness (QED) is 0.257. The number of nitrogens with zero attached hydrogens (tertiary/aromatic N) is 2. The molecule has 3 aromatic carbocycles. The Morgan fingerprint density at radius 2 is 1.67 bits per heavy atom. The molecular formula is C34H39FN2O5. The standard InChI is InChI=1S/C34H39FN2O5/c1-24-11-16-28-21-37(33(38)31(28)32(24)35)20-25-12-14-27(15-13-25)22-41-30-10-6-9-29(19-30)40-18-17-36(2)34(39)42-23-26-7-4-3-5-8-26/h3-11,16,19,25,27H,12-15,17-18,20-23H2,1-2H3/t25-,27-. The Morgan fingerprint density at radius 1 is 0.952 bits per heavy atom. The molecule has 0 N–H and O–H groups in total. The lowest BCUT2D eigenvalue weighted by Crippen LogP contribution is -2.32. The van der Waals surface area contributed by atoms with Crippen LogP contribution in [0.15, 0.2) is 66.7 Å². The van der Waals surface area contributed by atoms with Gasteiger partial charge < -0.3 is 24.0 Å². The second kappa shape index (κ2) is 13.7. The molecule has 2 amide bonds. The lowest BCUT2D eigenvalue weighted by Gasteiger charge is -2.31. The average molecular weight is 575 g/mol. The number of carbonyl (C=O) groups is 2. The van der Waals surface area contributed by atoms with E-state index >= 15 is 0 Å². The van der Waals surface area contributed by atoms with E-state index < -0.39 is 6.09 Å². The molecule has 2 aliphatic rings. The molecule has 1 heterocycles. The SMILES string of the molecule is Cc1ccc2c(c1F)C(=O)N(C[C@H]1CC[C@H](COc3cccc(OCCN(C)C(=O)OCc4ccccc4)c3)CC1)C2. The third-order valence-corrected chi connectivity index (χ3v) is 8.23. The molecule has 0 atom stereocenters. The Labute approximate surface area is 247 Å². The number of hydrogen-bond donors (Lipinski definition) is 0. The number of aryl methyl sites for hydroxylation is 1. The van der Waals surface area contributed by atoms with E-state index in [1.54, 1.807) is 20.0 Å². The van der Waals surface area contributed by atoms with Crippen LogP contribution in [0.25, 0.3) is 0 Å². The highest BCUT2D eigenvalue weighted by Gasteiger charge is 2.33. The van der Waals surface area contributed by atoms with Gasteiger partial charge in [-0.25, -0.2) is 9.18 Å². The third kappa shape index (κ3) is 7.41. The predicted molar refractivity (Wildman–Crippen MR) is 158 cm³/mol. The van der Waals surface area contributed by atoms with E-state index in [1.165, 1.54) is 4.90 Å². The molecule has 1 fully saturated rings.